The predicted molar refractivity (Wildman–Crippen MR) is 67.4 cm³/mol. The molecule has 0 amide bonds. The Bertz CT molecular complexity index is 70.3. The monoisotopic (exact) mass is 245 g/mol. The van der Waals surface area contributed by atoms with E-state index in [4.69, 9.17) is 28.3 Å². The summed E-state index contributed by atoms with van der Waals surface area (Å²) in [5, 5.41) is 8.25. The third kappa shape index (κ3) is 39.1. The molecular weight excluding hydrogens is 221 g/mol. The van der Waals surface area contributed by atoms with E-state index in [0.29, 0.717) is 0 Å². The lowest BCUT2D eigenvalue weighted by molar-refractivity contribution is 0.216. The topological polar surface area (TPSA) is 23.5 Å². The number of aliphatic hydroxyl groups is 1. The van der Waals surface area contributed by atoms with Gasteiger partial charge in [-0.1, -0.05) is 20.8 Å². The maximum atomic E-state index is 8.06. The second kappa shape index (κ2) is 19.1. The van der Waals surface area contributed by atoms with Crippen LogP contribution in [-0.2, 0) is 0 Å². The van der Waals surface area contributed by atoms with E-state index < -0.39 is 0 Å². The fourth-order valence-corrected chi connectivity index (χ4v) is 0.671. The van der Waals surface area contributed by atoms with Crippen LogP contribution in [0.25, 0.3) is 0 Å². The van der Waals surface area contributed by atoms with Gasteiger partial charge < -0.3 is 10.0 Å². The smallest absolute Gasteiger partial charge is 0.0967 e. The number of hydrogen-bond acceptors (Lipinski definition) is 2. The van der Waals surface area contributed by atoms with Crippen molar-refractivity contribution < 1.29 is 5.11 Å². The largest absolute Gasteiger partial charge is 0.394 e. The summed E-state index contributed by atoms with van der Waals surface area (Å²) >= 11 is 9.53. The fraction of sp³-hybridized carbons (Fsp3) is 1.00. The highest BCUT2D eigenvalue weighted by atomic mass is 35.5. The molecule has 1 N–H and O–H groups in total. The molecule has 0 spiro atoms. The van der Waals surface area contributed by atoms with E-state index in [1.165, 1.54) is 19.6 Å². The Morgan fingerprint density at radius 2 is 1.14 bits per heavy atom. The van der Waals surface area contributed by atoms with E-state index in [2.05, 4.69) is 25.7 Å². The van der Waals surface area contributed by atoms with Crippen LogP contribution in [-0.4, -0.2) is 41.1 Å². The lowest BCUT2D eigenvalue weighted by atomic mass is 10.5. The van der Waals surface area contributed by atoms with Gasteiger partial charge in [0.2, 0.25) is 0 Å². The first-order valence-corrected chi connectivity index (χ1v) is 6.09. The molecule has 0 aliphatic heterocycles. The maximum absolute atomic E-state index is 8.06. The van der Waals surface area contributed by atoms with Crippen molar-refractivity contribution in [1.29, 1.82) is 0 Å². The van der Waals surface area contributed by atoms with Crippen LogP contribution in [0.2, 0.25) is 0 Å². The van der Waals surface area contributed by atoms with E-state index in [-0.39, 0.29) is 11.4 Å². The van der Waals surface area contributed by atoms with Gasteiger partial charge in [0.05, 0.1) is 5.34 Å². The highest BCUT2D eigenvalue weighted by Crippen LogP contribution is 1.81. The van der Waals surface area contributed by atoms with Crippen LogP contribution >= 0.6 is 23.2 Å². The molecule has 0 aromatic carbocycles. The summed E-state index contributed by atoms with van der Waals surface area (Å²) in [7, 11) is 0. The van der Waals surface area contributed by atoms with Crippen LogP contribution in [0.1, 0.15) is 34.6 Å². The molecule has 4 heteroatoms. The summed E-state index contributed by atoms with van der Waals surface area (Å²) in [6.45, 7) is 13.6. The van der Waals surface area contributed by atoms with Crippen LogP contribution in [0.15, 0.2) is 0 Å². The van der Waals surface area contributed by atoms with E-state index in [1.807, 2.05) is 0 Å². The van der Waals surface area contributed by atoms with Gasteiger partial charge >= 0.3 is 0 Å². The standard InChI is InChI=1S/C6H15N.C3H8O.CH2Cl2/c1-4-7(5-2)6-3;1-3(2)4;2-1-3/h4-6H2,1-3H3;3-4H,1-2H3;1H2. The van der Waals surface area contributed by atoms with E-state index in [1.54, 1.807) is 13.8 Å². The van der Waals surface area contributed by atoms with Crippen LogP contribution in [0.3, 0.4) is 0 Å². The van der Waals surface area contributed by atoms with Crippen LogP contribution in [0.4, 0.5) is 0 Å². The minimum absolute atomic E-state index is 0.167. The molecule has 0 saturated carbocycles. The predicted octanol–water partition coefficient (Wildman–Crippen LogP) is 3.16. The molecule has 0 saturated heterocycles. The first-order chi connectivity index (χ1) is 6.49. The quantitative estimate of drug-likeness (QED) is 0.773. The van der Waals surface area contributed by atoms with Gasteiger partial charge in [-0.25, -0.2) is 0 Å². The molecule has 90 valence electrons. The van der Waals surface area contributed by atoms with Crippen molar-refractivity contribution >= 4 is 23.2 Å². The zero-order valence-electron chi connectivity index (χ0n) is 10.1. The molecule has 14 heavy (non-hydrogen) atoms. The van der Waals surface area contributed by atoms with Gasteiger partial charge in [0.25, 0.3) is 0 Å². The molecule has 0 atom stereocenters. The molecule has 2 nitrogen and oxygen atoms in total. The molecule has 0 aromatic rings. The number of rotatable bonds is 3. The first kappa shape index (κ1) is 20.0. The minimum Gasteiger partial charge on any atom is -0.394 e. The van der Waals surface area contributed by atoms with Crippen LogP contribution in [0.5, 0.6) is 0 Å². The summed E-state index contributed by atoms with van der Waals surface area (Å²) in [6, 6.07) is 0. The Labute approximate surface area is 99.2 Å². The Kier molecular flexibility index (Phi) is 27.3. The van der Waals surface area contributed by atoms with Crippen LogP contribution < -0.4 is 0 Å². The number of nitrogens with zero attached hydrogens (tertiary/aromatic N) is 1. The SMILES string of the molecule is CC(C)O.CCN(CC)CC.ClCCl. The first-order valence-electron chi connectivity index (χ1n) is 5.02. The molecule has 0 radical (unpaired) electrons. The van der Waals surface area contributed by atoms with Crippen molar-refractivity contribution in [3.8, 4) is 0 Å². The summed E-state index contributed by atoms with van der Waals surface area (Å²) in [5.41, 5.74) is 0. The summed E-state index contributed by atoms with van der Waals surface area (Å²) in [5.74, 6) is 0. The number of hydrogen-bond donors (Lipinski definition) is 1. The summed E-state index contributed by atoms with van der Waals surface area (Å²) in [6.07, 6.45) is -0.167. The highest BCUT2D eigenvalue weighted by Gasteiger charge is 1.89. The third-order valence-electron chi connectivity index (χ3n) is 1.34. The molecular formula is C10H25Cl2NO. The molecule has 0 aliphatic carbocycles. The second-order valence-electron chi connectivity index (χ2n) is 2.81. The van der Waals surface area contributed by atoms with Gasteiger partial charge in [-0.15, -0.1) is 23.2 Å². The van der Waals surface area contributed by atoms with Gasteiger partial charge in [0, 0.05) is 6.10 Å². The minimum atomic E-state index is -0.167. The zero-order valence-corrected chi connectivity index (χ0v) is 11.6. The van der Waals surface area contributed by atoms with Crippen molar-refractivity contribution in [3.63, 3.8) is 0 Å². The number of halogens is 2. The Morgan fingerprint density at radius 1 is 1.00 bits per heavy atom. The van der Waals surface area contributed by atoms with Crippen molar-refractivity contribution in [2.24, 2.45) is 0 Å². The highest BCUT2D eigenvalue weighted by molar-refractivity contribution is 6.40. The average molecular weight is 246 g/mol. The van der Waals surface area contributed by atoms with E-state index >= 15 is 0 Å². The van der Waals surface area contributed by atoms with E-state index in [9.17, 15) is 0 Å². The van der Waals surface area contributed by atoms with E-state index in [0.717, 1.165) is 0 Å². The Balaban J connectivity index is -0.000000147. The second-order valence-corrected chi connectivity index (χ2v) is 3.62. The van der Waals surface area contributed by atoms with Gasteiger partial charge in [-0.05, 0) is 33.5 Å². The lowest BCUT2D eigenvalue weighted by Gasteiger charge is -2.13. The van der Waals surface area contributed by atoms with Gasteiger partial charge in [-0.3, -0.25) is 0 Å². The summed E-state index contributed by atoms with van der Waals surface area (Å²) in [4.78, 5) is 2.38. The normalized spacial score (nSPS) is 9.00. The number of alkyl halides is 2. The Morgan fingerprint density at radius 3 is 1.14 bits per heavy atom. The molecule has 0 aromatic heterocycles. The van der Waals surface area contributed by atoms with Gasteiger partial charge in [0.15, 0.2) is 0 Å². The molecule has 0 rings (SSSR count). The zero-order chi connectivity index (χ0) is 12.0. The van der Waals surface area contributed by atoms with Crippen LogP contribution in [0, 0.1) is 0 Å². The van der Waals surface area contributed by atoms with Crippen molar-refractivity contribution in [1.82, 2.24) is 4.90 Å². The lowest BCUT2D eigenvalue weighted by Crippen LogP contribution is -2.21. The molecule has 0 heterocycles. The molecule has 0 unspecified atom stereocenters. The van der Waals surface area contributed by atoms with Gasteiger partial charge in [0.1, 0.15) is 0 Å². The molecule has 0 aliphatic rings. The van der Waals surface area contributed by atoms with Crippen molar-refractivity contribution in [2.75, 3.05) is 25.0 Å². The van der Waals surface area contributed by atoms with Crippen molar-refractivity contribution in [3.05, 3.63) is 0 Å². The fourth-order valence-electron chi connectivity index (χ4n) is 0.671. The maximum Gasteiger partial charge on any atom is 0.0967 e. The summed E-state index contributed by atoms with van der Waals surface area (Å²) < 4.78 is 0. The third-order valence-corrected chi connectivity index (χ3v) is 1.34. The molecule has 0 bridgehead atoms. The van der Waals surface area contributed by atoms with Gasteiger partial charge in [-0.2, -0.15) is 0 Å². The molecule has 0 fully saturated rings. The van der Waals surface area contributed by atoms with Crippen molar-refractivity contribution in [2.45, 2.75) is 40.7 Å². The Hall–Kier alpha value is 0.500. The average Bonchev–Trinajstić information content (AvgIpc) is 2.08. The number of aliphatic hydroxyl groups excluding tert-OH is 1.